The topological polar surface area (TPSA) is 32.7 Å². The molecule has 2 aromatic rings. The fourth-order valence-electron chi connectivity index (χ4n) is 1.96. The van der Waals surface area contributed by atoms with Crippen LogP contribution in [0.15, 0.2) is 65.8 Å². The number of benzene rings is 2. The lowest BCUT2D eigenvalue weighted by molar-refractivity contribution is -0.107. The second-order valence-corrected chi connectivity index (χ2v) is 4.66. The molecule has 1 unspecified atom stereocenters. The van der Waals surface area contributed by atoms with Crippen molar-refractivity contribution in [1.82, 2.24) is 0 Å². The summed E-state index contributed by atoms with van der Waals surface area (Å²) < 4.78 is 0. The van der Waals surface area contributed by atoms with Crippen LogP contribution in [-0.2, 0) is 4.79 Å². The Balaban J connectivity index is 2.22. The van der Waals surface area contributed by atoms with Crippen LogP contribution in [0.4, 0.5) is 5.69 Å². The van der Waals surface area contributed by atoms with E-state index in [1.54, 1.807) is 0 Å². The van der Waals surface area contributed by atoms with Crippen LogP contribution in [0, 0.1) is 0 Å². The van der Waals surface area contributed by atoms with Gasteiger partial charge in [-0.05, 0) is 24.6 Å². The van der Waals surface area contributed by atoms with E-state index in [-0.39, 0.29) is 5.92 Å². The minimum absolute atomic E-state index is 0.169. The quantitative estimate of drug-likeness (QED) is 0.460. The van der Waals surface area contributed by atoms with Gasteiger partial charge in [-0.15, -0.1) is 0 Å². The smallest absolute Gasteiger partial charge is 0.234 e. The van der Waals surface area contributed by atoms with Crippen molar-refractivity contribution in [3.8, 4) is 0 Å². The zero-order valence-electron chi connectivity index (χ0n) is 11.7. The summed E-state index contributed by atoms with van der Waals surface area (Å²) >= 11 is 0. The zero-order chi connectivity index (χ0) is 14.4. The maximum absolute atomic E-state index is 11.2. The van der Waals surface area contributed by atoms with Gasteiger partial charge in [0.15, 0.2) is 0 Å². The van der Waals surface area contributed by atoms with E-state index >= 15 is 0 Å². The van der Waals surface area contributed by atoms with Gasteiger partial charge in [0.1, 0.15) is 0 Å². The number of carbonyl (C=O) groups excluding carboxylic acids is 1. The Morgan fingerprint density at radius 1 is 1.05 bits per heavy atom. The lowest BCUT2D eigenvalue weighted by atomic mass is 9.97. The summed E-state index contributed by atoms with van der Waals surface area (Å²) in [4.78, 5) is 11.2. The van der Waals surface area contributed by atoms with E-state index in [1.165, 1.54) is 10.6 Å². The number of carbonyl (C=O) groups is 1. The first-order chi connectivity index (χ1) is 9.72. The number of nitrogens with zero attached hydrogens (tertiary/aromatic N) is 2. The Kier molecular flexibility index (Phi) is 4.66. The molecule has 0 spiro atoms. The highest BCUT2D eigenvalue weighted by molar-refractivity contribution is 5.91. The summed E-state index contributed by atoms with van der Waals surface area (Å²) in [5, 5.41) is 5.79. The molecule has 1 amide bonds. The second kappa shape index (κ2) is 6.66. The lowest BCUT2D eigenvalue weighted by Crippen LogP contribution is -2.18. The van der Waals surface area contributed by atoms with Crippen LogP contribution in [0.5, 0.6) is 0 Å². The van der Waals surface area contributed by atoms with Crippen LogP contribution in [-0.4, -0.2) is 12.1 Å². The number of amides is 1. The standard InChI is InChI=1S/C17H18N2O/c1-14(16-9-5-3-6-10-16)15(2)18-19(13-20)17-11-7-4-8-12-17/h3-14H,1-2H3/b18-15-. The third-order valence-electron chi connectivity index (χ3n) is 3.31. The van der Waals surface area contributed by atoms with Crippen LogP contribution in [0.1, 0.15) is 25.3 Å². The fraction of sp³-hybridized carbons (Fsp3) is 0.176. The van der Waals surface area contributed by atoms with Gasteiger partial charge < -0.3 is 0 Å². The zero-order valence-corrected chi connectivity index (χ0v) is 11.7. The summed E-state index contributed by atoms with van der Waals surface area (Å²) in [6.07, 6.45) is 0.733. The molecule has 0 aliphatic rings. The number of rotatable bonds is 5. The molecule has 0 radical (unpaired) electrons. The number of para-hydroxylation sites is 1. The van der Waals surface area contributed by atoms with E-state index in [9.17, 15) is 4.79 Å². The van der Waals surface area contributed by atoms with Gasteiger partial charge in [0, 0.05) is 11.6 Å². The number of hydrogen-bond donors (Lipinski definition) is 0. The SMILES string of the molecule is C/C(=N/N(C=O)c1ccccc1)C(C)c1ccccc1. The highest BCUT2D eigenvalue weighted by Gasteiger charge is 2.11. The third kappa shape index (κ3) is 3.32. The second-order valence-electron chi connectivity index (χ2n) is 4.66. The summed E-state index contributed by atoms with van der Waals surface area (Å²) in [6, 6.07) is 19.5. The van der Waals surface area contributed by atoms with Crippen LogP contribution >= 0.6 is 0 Å². The molecule has 0 saturated heterocycles. The molecule has 1 atom stereocenters. The first-order valence-electron chi connectivity index (χ1n) is 6.62. The Labute approximate surface area is 119 Å². The largest absolute Gasteiger partial charge is 0.276 e. The van der Waals surface area contributed by atoms with Crippen molar-refractivity contribution in [3.63, 3.8) is 0 Å². The molecule has 2 aromatic carbocycles. The Hall–Kier alpha value is -2.42. The van der Waals surface area contributed by atoms with Gasteiger partial charge >= 0.3 is 0 Å². The minimum atomic E-state index is 0.169. The Bertz CT molecular complexity index is 578. The number of anilines is 1. The molecule has 0 aliphatic carbocycles. The Morgan fingerprint density at radius 3 is 2.15 bits per heavy atom. The van der Waals surface area contributed by atoms with E-state index in [1.807, 2.05) is 55.5 Å². The molecule has 3 heteroatoms. The molecule has 3 nitrogen and oxygen atoms in total. The van der Waals surface area contributed by atoms with E-state index in [0.717, 1.165) is 17.8 Å². The maximum atomic E-state index is 11.2. The molecule has 0 saturated carbocycles. The molecule has 20 heavy (non-hydrogen) atoms. The molecular weight excluding hydrogens is 248 g/mol. The highest BCUT2D eigenvalue weighted by atomic mass is 16.1. The summed E-state index contributed by atoms with van der Waals surface area (Å²) in [5.41, 5.74) is 2.85. The molecule has 0 bridgehead atoms. The molecular formula is C17H18N2O. The van der Waals surface area contributed by atoms with Crippen molar-refractivity contribution in [1.29, 1.82) is 0 Å². The first kappa shape index (κ1) is 14.0. The molecule has 0 N–H and O–H groups in total. The van der Waals surface area contributed by atoms with Crippen LogP contribution < -0.4 is 5.01 Å². The van der Waals surface area contributed by atoms with E-state index in [2.05, 4.69) is 24.2 Å². The lowest BCUT2D eigenvalue weighted by Gasteiger charge is -2.16. The summed E-state index contributed by atoms with van der Waals surface area (Å²) in [5.74, 6) is 0.169. The normalized spacial score (nSPS) is 12.8. The summed E-state index contributed by atoms with van der Waals surface area (Å²) in [7, 11) is 0. The van der Waals surface area contributed by atoms with Crippen LogP contribution in [0.2, 0.25) is 0 Å². The molecule has 0 aliphatic heterocycles. The molecule has 0 aromatic heterocycles. The van der Waals surface area contributed by atoms with Crippen molar-refractivity contribution in [2.24, 2.45) is 5.10 Å². The molecule has 102 valence electrons. The van der Waals surface area contributed by atoms with Gasteiger partial charge in [-0.3, -0.25) is 4.79 Å². The average molecular weight is 266 g/mol. The van der Waals surface area contributed by atoms with Crippen LogP contribution in [0.3, 0.4) is 0 Å². The van der Waals surface area contributed by atoms with E-state index in [4.69, 9.17) is 0 Å². The first-order valence-corrected chi connectivity index (χ1v) is 6.62. The predicted molar refractivity (Wildman–Crippen MR) is 83.0 cm³/mol. The Morgan fingerprint density at radius 2 is 1.60 bits per heavy atom. The predicted octanol–water partition coefficient (Wildman–Crippen LogP) is 3.83. The third-order valence-corrected chi connectivity index (χ3v) is 3.31. The molecule has 0 heterocycles. The number of hydrazone groups is 1. The minimum Gasteiger partial charge on any atom is -0.276 e. The monoisotopic (exact) mass is 266 g/mol. The average Bonchev–Trinajstić information content (AvgIpc) is 2.53. The van der Waals surface area contributed by atoms with Crippen molar-refractivity contribution in [3.05, 3.63) is 66.2 Å². The van der Waals surface area contributed by atoms with Crippen molar-refractivity contribution in [2.45, 2.75) is 19.8 Å². The fourth-order valence-corrected chi connectivity index (χ4v) is 1.96. The van der Waals surface area contributed by atoms with Gasteiger partial charge in [-0.25, -0.2) is 5.01 Å². The maximum Gasteiger partial charge on any atom is 0.234 e. The number of hydrogen-bond acceptors (Lipinski definition) is 2. The van der Waals surface area contributed by atoms with Crippen molar-refractivity contribution < 1.29 is 4.79 Å². The molecule has 0 fully saturated rings. The summed E-state index contributed by atoms with van der Waals surface area (Å²) in [6.45, 7) is 4.03. The van der Waals surface area contributed by atoms with Gasteiger partial charge in [0.05, 0.1) is 5.69 Å². The van der Waals surface area contributed by atoms with Crippen molar-refractivity contribution >= 4 is 17.8 Å². The molecule has 2 rings (SSSR count). The van der Waals surface area contributed by atoms with Crippen molar-refractivity contribution in [2.75, 3.05) is 5.01 Å². The van der Waals surface area contributed by atoms with E-state index < -0.39 is 0 Å². The van der Waals surface area contributed by atoms with E-state index in [0.29, 0.717) is 0 Å². The van der Waals surface area contributed by atoms with Gasteiger partial charge in [0.2, 0.25) is 6.41 Å². The van der Waals surface area contributed by atoms with Gasteiger partial charge in [-0.1, -0.05) is 55.5 Å². The van der Waals surface area contributed by atoms with Gasteiger partial charge in [0.25, 0.3) is 0 Å². The highest BCUT2D eigenvalue weighted by Crippen LogP contribution is 2.18. The van der Waals surface area contributed by atoms with Gasteiger partial charge in [-0.2, -0.15) is 5.10 Å². The van der Waals surface area contributed by atoms with Crippen LogP contribution in [0.25, 0.3) is 0 Å².